The van der Waals surface area contributed by atoms with Gasteiger partial charge < -0.3 is 9.88 Å². The number of amides is 1. The molecule has 0 spiro atoms. The Morgan fingerprint density at radius 1 is 1.23 bits per heavy atom. The molecule has 0 radical (unpaired) electrons. The molecule has 0 aliphatic carbocycles. The number of aromatic nitrogens is 1. The normalized spacial score (nSPS) is 14.9. The zero-order valence-corrected chi connectivity index (χ0v) is 13.0. The third-order valence-electron chi connectivity index (χ3n) is 3.58. The lowest BCUT2D eigenvalue weighted by Crippen LogP contribution is -2.22. The number of fused-ring (bicyclic) bond motifs is 1. The SMILES string of the molecule is Cc1ccc(NS(=O)(=O)c2cc3n(c2)CCCNC3=O)cc1. The molecule has 2 N–H and O–H groups in total. The fourth-order valence-corrected chi connectivity index (χ4v) is 3.48. The van der Waals surface area contributed by atoms with Crippen LogP contribution in [-0.4, -0.2) is 25.4 Å². The van der Waals surface area contributed by atoms with Crippen LogP contribution in [0.3, 0.4) is 0 Å². The molecule has 1 amide bonds. The van der Waals surface area contributed by atoms with Gasteiger partial charge in [-0.2, -0.15) is 0 Å². The number of carbonyl (C=O) groups excluding carboxylic acids is 1. The maximum Gasteiger partial charge on any atom is 0.267 e. The molecule has 0 fully saturated rings. The van der Waals surface area contributed by atoms with E-state index < -0.39 is 10.0 Å². The van der Waals surface area contributed by atoms with Crippen LogP contribution >= 0.6 is 0 Å². The second-order valence-electron chi connectivity index (χ2n) is 5.34. The topological polar surface area (TPSA) is 80.2 Å². The van der Waals surface area contributed by atoms with Gasteiger partial charge in [0.2, 0.25) is 0 Å². The van der Waals surface area contributed by atoms with Crippen LogP contribution in [0.2, 0.25) is 0 Å². The van der Waals surface area contributed by atoms with Gasteiger partial charge in [-0.3, -0.25) is 9.52 Å². The van der Waals surface area contributed by atoms with Crippen molar-refractivity contribution in [3.8, 4) is 0 Å². The predicted molar refractivity (Wildman–Crippen MR) is 83.4 cm³/mol. The first-order valence-electron chi connectivity index (χ1n) is 7.03. The van der Waals surface area contributed by atoms with Crippen molar-refractivity contribution in [3.63, 3.8) is 0 Å². The summed E-state index contributed by atoms with van der Waals surface area (Å²) in [4.78, 5) is 12.0. The number of sulfonamides is 1. The molecule has 22 heavy (non-hydrogen) atoms. The van der Waals surface area contributed by atoms with Crippen molar-refractivity contribution in [2.24, 2.45) is 0 Å². The van der Waals surface area contributed by atoms with E-state index in [0.29, 0.717) is 24.5 Å². The Labute approximate surface area is 129 Å². The van der Waals surface area contributed by atoms with Gasteiger partial charge >= 0.3 is 0 Å². The van der Waals surface area contributed by atoms with Crippen LogP contribution in [0, 0.1) is 6.92 Å². The van der Waals surface area contributed by atoms with Crippen LogP contribution in [0.15, 0.2) is 41.4 Å². The first-order valence-corrected chi connectivity index (χ1v) is 8.52. The molecule has 2 aromatic rings. The minimum absolute atomic E-state index is 0.0973. The highest BCUT2D eigenvalue weighted by Crippen LogP contribution is 2.20. The summed E-state index contributed by atoms with van der Waals surface area (Å²) in [6.07, 6.45) is 2.29. The molecular formula is C15H17N3O3S. The Bertz CT molecular complexity index is 807. The highest BCUT2D eigenvalue weighted by molar-refractivity contribution is 7.92. The average Bonchev–Trinajstić information content (AvgIpc) is 2.84. The molecule has 3 rings (SSSR count). The Morgan fingerprint density at radius 2 is 1.95 bits per heavy atom. The summed E-state index contributed by atoms with van der Waals surface area (Å²) in [6, 6.07) is 8.50. The van der Waals surface area contributed by atoms with Crippen LogP contribution < -0.4 is 10.0 Å². The Balaban J connectivity index is 1.91. The van der Waals surface area contributed by atoms with Gasteiger partial charge in [-0.15, -0.1) is 0 Å². The summed E-state index contributed by atoms with van der Waals surface area (Å²) in [5, 5.41) is 2.75. The molecule has 0 bridgehead atoms. The van der Waals surface area contributed by atoms with Crippen molar-refractivity contribution in [2.75, 3.05) is 11.3 Å². The molecule has 2 heterocycles. The van der Waals surface area contributed by atoms with Crippen LogP contribution in [0.25, 0.3) is 0 Å². The first-order chi connectivity index (χ1) is 10.5. The standard InChI is InChI=1S/C15H17N3O3S/c1-11-3-5-12(6-4-11)17-22(20,21)13-9-14-15(19)16-7-2-8-18(14)10-13/h3-6,9-10,17H,2,7-8H2,1H3,(H,16,19). The Morgan fingerprint density at radius 3 is 2.68 bits per heavy atom. The van der Waals surface area contributed by atoms with E-state index in [1.165, 1.54) is 12.3 Å². The van der Waals surface area contributed by atoms with Gasteiger partial charge in [0.25, 0.3) is 15.9 Å². The number of hydrogen-bond donors (Lipinski definition) is 2. The third-order valence-corrected chi connectivity index (χ3v) is 4.93. The number of hydrogen-bond acceptors (Lipinski definition) is 3. The number of carbonyl (C=O) groups is 1. The molecule has 1 aliphatic rings. The first kappa shape index (κ1) is 14.6. The van der Waals surface area contributed by atoms with Crippen molar-refractivity contribution in [3.05, 3.63) is 47.8 Å². The minimum Gasteiger partial charge on any atom is -0.351 e. The number of nitrogens with one attached hydrogen (secondary N) is 2. The lowest BCUT2D eigenvalue weighted by Gasteiger charge is -2.06. The molecule has 116 valence electrons. The summed E-state index contributed by atoms with van der Waals surface area (Å²) in [5.74, 6) is -0.241. The number of anilines is 1. The summed E-state index contributed by atoms with van der Waals surface area (Å²) in [7, 11) is -3.71. The number of aryl methyl sites for hydroxylation is 2. The zero-order chi connectivity index (χ0) is 15.7. The molecule has 1 aliphatic heterocycles. The summed E-state index contributed by atoms with van der Waals surface area (Å²) in [5.41, 5.74) is 1.92. The van der Waals surface area contributed by atoms with E-state index in [4.69, 9.17) is 0 Å². The van der Waals surface area contributed by atoms with E-state index in [1.807, 2.05) is 19.1 Å². The quantitative estimate of drug-likeness (QED) is 0.904. The molecule has 0 atom stereocenters. The van der Waals surface area contributed by atoms with E-state index in [9.17, 15) is 13.2 Å². The maximum absolute atomic E-state index is 12.4. The van der Waals surface area contributed by atoms with Gasteiger partial charge in [-0.1, -0.05) is 17.7 Å². The summed E-state index contributed by atoms with van der Waals surface area (Å²) < 4.78 is 29.1. The van der Waals surface area contributed by atoms with E-state index in [2.05, 4.69) is 10.0 Å². The van der Waals surface area contributed by atoms with Crippen molar-refractivity contribution in [2.45, 2.75) is 24.8 Å². The molecular weight excluding hydrogens is 302 g/mol. The van der Waals surface area contributed by atoms with Gasteiger partial charge in [0.05, 0.1) is 0 Å². The highest BCUT2D eigenvalue weighted by Gasteiger charge is 2.23. The maximum atomic E-state index is 12.4. The van der Waals surface area contributed by atoms with Gasteiger partial charge in [-0.05, 0) is 31.5 Å². The smallest absolute Gasteiger partial charge is 0.267 e. The Hall–Kier alpha value is -2.28. The Kier molecular flexibility index (Phi) is 3.66. The molecule has 1 aromatic heterocycles. The summed E-state index contributed by atoms with van der Waals surface area (Å²) >= 11 is 0. The van der Waals surface area contributed by atoms with Crippen LogP contribution in [0.4, 0.5) is 5.69 Å². The lowest BCUT2D eigenvalue weighted by atomic mass is 10.2. The fraction of sp³-hybridized carbons (Fsp3) is 0.267. The number of nitrogens with zero attached hydrogens (tertiary/aromatic N) is 1. The second kappa shape index (κ2) is 5.49. The van der Waals surface area contributed by atoms with Gasteiger partial charge in [0.1, 0.15) is 10.6 Å². The lowest BCUT2D eigenvalue weighted by molar-refractivity contribution is 0.0951. The molecule has 0 unspecified atom stereocenters. The minimum atomic E-state index is -3.71. The van der Waals surface area contributed by atoms with Crippen molar-refractivity contribution >= 4 is 21.6 Å². The fourth-order valence-electron chi connectivity index (χ4n) is 2.38. The van der Waals surface area contributed by atoms with Crippen molar-refractivity contribution in [1.29, 1.82) is 0 Å². The van der Waals surface area contributed by atoms with Crippen LogP contribution in [0.5, 0.6) is 0 Å². The van der Waals surface area contributed by atoms with Crippen LogP contribution in [-0.2, 0) is 16.6 Å². The molecule has 7 heteroatoms. The molecule has 0 saturated carbocycles. The van der Waals surface area contributed by atoms with Crippen LogP contribution in [0.1, 0.15) is 22.5 Å². The van der Waals surface area contributed by atoms with Gasteiger partial charge in [-0.25, -0.2) is 8.42 Å². The van der Waals surface area contributed by atoms with E-state index in [-0.39, 0.29) is 10.8 Å². The van der Waals surface area contributed by atoms with E-state index in [0.717, 1.165) is 12.0 Å². The van der Waals surface area contributed by atoms with E-state index >= 15 is 0 Å². The highest BCUT2D eigenvalue weighted by atomic mass is 32.2. The van der Waals surface area contributed by atoms with Crippen molar-refractivity contribution in [1.82, 2.24) is 9.88 Å². The third kappa shape index (κ3) is 2.85. The largest absolute Gasteiger partial charge is 0.351 e. The predicted octanol–water partition coefficient (Wildman–Crippen LogP) is 1.73. The zero-order valence-electron chi connectivity index (χ0n) is 12.2. The number of benzene rings is 1. The monoisotopic (exact) mass is 319 g/mol. The van der Waals surface area contributed by atoms with E-state index in [1.54, 1.807) is 16.7 Å². The molecule has 6 nitrogen and oxygen atoms in total. The van der Waals surface area contributed by atoms with Gasteiger partial charge in [0.15, 0.2) is 0 Å². The summed E-state index contributed by atoms with van der Waals surface area (Å²) in [6.45, 7) is 3.15. The van der Waals surface area contributed by atoms with Crippen molar-refractivity contribution < 1.29 is 13.2 Å². The van der Waals surface area contributed by atoms with Gasteiger partial charge in [0, 0.05) is 25.0 Å². The average molecular weight is 319 g/mol. The number of rotatable bonds is 3. The molecule has 1 aromatic carbocycles. The molecule has 0 saturated heterocycles. The second-order valence-corrected chi connectivity index (χ2v) is 7.02.